The first kappa shape index (κ1) is 16.2. The Kier molecular flexibility index (Phi) is 4.71. The minimum atomic E-state index is -0.0796. The Labute approximate surface area is 148 Å². The van der Waals surface area contributed by atoms with E-state index in [4.69, 9.17) is 13.6 Å². The summed E-state index contributed by atoms with van der Waals surface area (Å²) in [5.41, 5.74) is 0.762. The van der Waals surface area contributed by atoms with Crippen molar-refractivity contribution in [3.63, 3.8) is 0 Å². The maximum atomic E-state index is 11.9. The van der Waals surface area contributed by atoms with Crippen molar-refractivity contribution < 1.29 is 18.4 Å². The summed E-state index contributed by atoms with van der Waals surface area (Å²) < 4.78 is 16.7. The van der Waals surface area contributed by atoms with Crippen molar-refractivity contribution in [1.29, 1.82) is 0 Å². The summed E-state index contributed by atoms with van der Waals surface area (Å²) in [5.74, 6) is 0.958. The lowest BCUT2D eigenvalue weighted by Gasteiger charge is -2.09. The van der Waals surface area contributed by atoms with Gasteiger partial charge in [-0.15, -0.1) is 10.2 Å². The summed E-state index contributed by atoms with van der Waals surface area (Å²) in [7, 11) is 0. The van der Waals surface area contributed by atoms with Gasteiger partial charge in [0.1, 0.15) is 5.58 Å². The molecule has 1 aliphatic heterocycles. The molecule has 7 nitrogen and oxygen atoms in total. The van der Waals surface area contributed by atoms with E-state index >= 15 is 0 Å². The van der Waals surface area contributed by atoms with E-state index in [1.54, 1.807) is 0 Å². The second-order valence-corrected chi connectivity index (χ2v) is 6.68. The molecule has 25 heavy (non-hydrogen) atoms. The zero-order valence-corrected chi connectivity index (χ0v) is 14.3. The second-order valence-electron chi connectivity index (χ2n) is 5.75. The van der Waals surface area contributed by atoms with Gasteiger partial charge < -0.3 is 18.9 Å². The molecule has 1 fully saturated rings. The average Bonchev–Trinajstić information content (AvgIpc) is 3.38. The van der Waals surface area contributed by atoms with Crippen LogP contribution in [-0.2, 0) is 9.53 Å². The molecule has 3 heterocycles. The number of fused-ring (bicyclic) bond motifs is 1. The van der Waals surface area contributed by atoms with Crippen molar-refractivity contribution in [2.45, 2.75) is 24.2 Å². The van der Waals surface area contributed by atoms with E-state index in [0.717, 1.165) is 30.4 Å². The second kappa shape index (κ2) is 7.28. The lowest BCUT2D eigenvalue weighted by molar-refractivity contribution is -0.119. The lowest BCUT2D eigenvalue weighted by Crippen LogP contribution is -2.32. The van der Waals surface area contributed by atoms with Crippen LogP contribution in [0.1, 0.15) is 12.8 Å². The van der Waals surface area contributed by atoms with E-state index in [1.165, 1.54) is 11.8 Å². The number of aromatic nitrogens is 2. The molecule has 1 saturated heterocycles. The molecule has 1 atom stereocenters. The minimum Gasteiger partial charge on any atom is -0.451 e. The molecule has 0 radical (unpaired) electrons. The van der Waals surface area contributed by atoms with Gasteiger partial charge in [-0.1, -0.05) is 30.0 Å². The van der Waals surface area contributed by atoms with Gasteiger partial charge in [-0.2, -0.15) is 0 Å². The fraction of sp³-hybridized carbons (Fsp3) is 0.353. The number of benzene rings is 1. The highest BCUT2D eigenvalue weighted by molar-refractivity contribution is 7.99. The van der Waals surface area contributed by atoms with Crippen molar-refractivity contribution in [3.8, 4) is 11.7 Å². The number of nitrogens with zero attached hydrogens (tertiary/aromatic N) is 2. The summed E-state index contributed by atoms with van der Waals surface area (Å²) in [6.45, 7) is 1.33. The maximum absolute atomic E-state index is 11.9. The molecule has 0 saturated carbocycles. The molecule has 130 valence electrons. The van der Waals surface area contributed by atoms with Gasteiger partial charge >= 0.3 is 0 Å². The number of carbonyl (C=O) groups is 1. The zero-order valence-electron chi connectivity index (χ0n) is 13.4. The summed E-state index contributed by atoms with van der Waals surface area (Å²) >= 11 is 1.20. The highest BCUT2D eigenvalue weighted by Crippen LogP contribution is 2.28. The smallest absolute Gasteiger partial charge is 0.284 e. The molecule has 0 unspecified atom stereocenters. The van der Waals surface area contributed by atoms with Crippen molar-refractivity contribution in [1.82, 2.24) is 15.5 Å². The molecular weight excluding hydrogens is 342 g/mol. The van der Waals surface area contributed by atoms with Crippen LogP contribution < -0.4 is 5.32 Å². The number of thioether (sulfide) groups is 1. The van der Waals surface area contributed by atoms with Gasteiger partial charge in [0.15, 0.2) is 5.76 Å². The van der Waals surface area contributed by atoms with E-state index in [2.05, 4.69) is 15.5 Å². The number of rotatable bonds is 6. The Morgan fingerprint density at radius 2 is 2.20 bits per heavy atom. The van der Waals surface area contributed by atoms with E-state index < -0.39 is 0 Å². The minimum absolute atomic E-state index is 0.0796. The number of ether oxygens (including phenoxy) is 1. The largest absolute Gasteiger partial charge is 0.451 e. The summed E-state index contributed by atoms with van der Waals surface area (Å²) in [4.78, 5) is 11.9. The molecule has 0 bridgehead atoms. The van der Waals surface area contributed by atoms with Crippen LogP contribution >= 0.6 is 11.8 Å². The molecule has 2 aromatic heterocycles. The third kappa shape index (κ3) is 3.85. The Bertz CT molecular complexity index is 837. The number of hydrogen-bond acceptors (Lipinski definition) is 7. The topological polar surface area (TPSA) is 90.4 Å². The quantitative estimate of drug-likeness (QED) is 0.677. The molecule has 3 aromatic rings. The predicted octanol–water partition coefficient (Wildman–Crippen LogP) is 2.87. The number of nitrogens with one attached hydrogen (secondary N) is 1. The van der Waals surface area contributed by atoms with E-state index in [1.807, 2.05) is 30.3 Å². The summed E-state index contributed by atoms with van der Waals surface area (Å²) in [6.07, 6.45) is 2.19. The standard InChI is InChI=1S/C17H17N3O4S/c21-15(18-9-12-5-3-7-22-12)10-25-17-20-19-16(24-17)14-8-11-4-1-2-6-13(11)23-14/h1-2,4,6,8,12H,3,5,7,9-10H2,(H,18,21)/t12-/m1/s1. The molecule has 1 aliphatic rings. The number of amides is 1. The molecular formula is C17H17N3O4S. The van der Waals surface area contributed by atoms with Gasteiger partial charge in [0.2, 0.25) is 5.91 Å². The zero-order chi connectivity index (χ0) is 17.1. The van der Waals surface area contributed by atoms with Gasteiger partial charge in [-0.3, -0.25) is 4.79 Å². The Hall–Kier alpha value is -2.32. The first-order valence-corrected chi connectivity index (χ1v) is 9.10. The first-order valence-electron chi connectivity index (χ1n) is 8.11. The van der Waals surface area contributed by atoms with Crippen LogP contribution in [0, 0.1) is 0 Å². The van der Waals surface area contributed by atoms with E-state index in [9.17, 15) is 4.79 Å². The molecule has 0 spiro atoms. The van der Waals surface area contributed by atoms with Gasteiger partial charge in [0.05, 0.1) is 11.9 Å². The van der Waals surface area contributed by atoms with E-state index in [0.29, 0.717) is 23.4 Å². The van der Waals surface area contributed by atoms with Gasteiger partial charge in [-0.05, 0) is 25.0 Å². The molecule has 1 N–H and O–H groups in total. The maximum Gasteiger partial charge on any atom is 0.284 e. The SMILES string of the molecule is O=C(CSc1nnc(-c2cc3ccccc3o2)o1)NC[C@H]1CCCO1. The van der Waals surface area contributed by atoms with Crippen molar-refractivity contribution >= 4 is 28.6 Å². The Morgan fingerprint density at radius 1 is 1.28 bits per heavy atom. The summed E-state index contributed by atoms with van der Waals surface area (Å²) in [5, 5.41) is 12.1. The normalized spacial score (nSPS) is 17.2. The molecule has 0 aliphatic carbocycles. The Balaban J connectivity index is 1.32. The molecule has 8 heteroatoms. The van der Waals surface area contributed by atoms with Gasteiger partial charge in [-0.25, -0.2) is 0 Å². The highest BCUT2D eigenvalue weighted by Gasteiger charge is 2.17. The first-order chi connectivity index (χ1) is 12.3. The van der Waals surface area contributed by atoms with Crippen LogP contribution in [0.25, 0.3) is 22.6 Å². The monoisotopic (exact) mass is 359 g/mol. The Morgan fingerprint density at radius 3 is 3.04 bits per heavy atom. The van der Waals surface area contributed by atoms with Crippen molar-refractivity contribution in [3.05, 3.63) is 30.3 Å². The van der Waals surface area contributed by atoms with E-state index in [-0.39, 0.29) is 17.8 Å². The van der Waals surface area contributed by atoms with Gasteiger partial charge in [0.25, 0.3) is 11.1 Å². The van der Waals surface area contributed by atoms with Crippen LogP contribution in [0.3, 0.4) is 0 Å². The number of para-hydroxylation sites is 1. The van der Waals surface area contributed by atoms with Gasteiger partial charge in [0, 0.05) is 18.5 Å². The number of furan rings is 1. The van der Waals surface area contributed by atoms with Crippen LogP contribution in [0.4, 0.5) is 0 Å². The number of hydrogen-bond donors (Lipinski definition) is 1. The molecule has 1 amide bonds. The van der Waals surface area contributed by atoms with Crippen LogP contribution in [0.5, 0.6) is 0 Å². The highest BCUT2D eigenvalue weighted by atomic mass is 32.2. The molecule has 4 rings (SSSR count). The predicted molar refractivity (Wildman–Crippen MR) is 92.2 cm³/mol. The fourth-order valence-corrected chi connectivity index (χ4v) is 3.26. The van der Waals surface area contributed by atoms with Crippen molar-refractivity contribution in [2.75, 3.05) is 18.9 Å². The van der Waals surface area contributed by atoms with Crippen LogP contribution in [0.15, 0.2) is 44.4 Å². The average molecular weight is 359 g/mol. The fourth-order valence-electron chi connectivity index (χ4n) is 2.67. The van der Waals surface area contributed by atoms with Crippen LogP contribution in [0.2, 0.25) is 0 Å². The third-order valence-corrected chi connectivity index (χ3v) is 4.74. The summed E-state index contributed by atoms with van der Waals surface area (Å²) in [6, 6.07) is 9.52. The lowest BCUT2D eigenvalue weighted by atomic mass is 10.2. The van der Waals surface area contributed by atoms with Crippen LogP contribution in [-0.4, -0.2) is 41.1 Å². The van der Waals surface area contributed by atoms with Crippen molar-refractivity contribution in [2.24, 2.45) is 0 Å². The third-order valence-electron chi connectivity index (χ3n) is 3.92. The molecule has 1 aromatic carbocycles. The number of carbonyl (C=O) groups excluding carboxylic acids is 1.